The number of rotatable bonds is 5. The molecule has 6 nitrogen and oxygen atoms in total. The third-order valence-corrected chi connectivity index (χ3v) is 7.36. The zero-order chi connectivity index (χ0) is 27.8. The van der Waals surface area contributed by atoms with Gasteiger partial charge in [-0.05, 0) is 48.5 Å². The Balaban J connectivity index is 1.37. The standard InChI is InChI=1S/C30H17Cl4N5O/c31-16-9-11-24-20(13-16)27(18-5-1-3-7-22(18)33)38-26(36-24)15-35-30(40)29-37-25-12-10-17(32)14-21(25)28(39-29)19-6-2-4-8-23(19)34/h1-14H,15H2,(H,35,40). The van der Waals surface area contributed by atoms with Crippen LogP contribution in [0.5, 0.6) is 0 Å². The Morgan fingerprint density at radius 1 is 0.625 bits per heavy atom. The van der Waals surface area contributed by atoms with Crippen molar-refractivity contribution in [3.8, 4) is 22.5 Å². The summed E-state index contributed by atoms with van der Waals surface area (Å²) in [5, 5.41) is 6.37. The van der Waals surface area contributed by atoms with Crippen molar-refractivity contribution in [1.82, 2.24) is 25.3 Å². The zero-order valence-electron chi connectivity index (χ0n) is 20.5. The molecule has 0 fully saturated rings. The Bertz CT molecular complexity index is 1950. The Labute approximate surface area is 248 Å². The van der Waals surface area contributed by atoms with Crippen molar-refractivity contribution in [2.45, 2.75) is 6.54 Å². The zero-order valence-corrected chi connectivity index (χ0v) is 23.5. The van der Waals surface area contributed by atoms with Crippen LogP contribution in [-0.2, 0) is 6.54 Å². The summed E-state index contributed by atoms with van der Waals surface area (Å²) in [4.78, 5) is 31.8. The molecular weight excluding hydrogens is 588 g/mol. The van der Waals surface area contributed by atoms with E-state index in [0.717, 1.165) is 10.9 Å². The van der Waals surface area contributed by atoms with Crippen LogP contribution in [0.3, 0.4) is 0 Å². The van der Waals surface area contributed by atoms with Crippen molar-refractivity contribution in [2.75, 3.05) is 0 Å². The van der Waals surface area contributed by atoms with Crippen LogP contribution in [0.1, 0.15) is 16.4 Å². The minimum Gasteiger partial charge on any atom is -0.342 e. The SMILES string of the molecule is O=C(NCc1nc(-c2ccccc2Cl)c2cc(Cl)ccc2n1)c1nc(-c2ccccc2Cl)c2cc(Cl)ccc2n1. The first-order valence-corrected chi connectivity index (χ1v) is 13.6. The molecule has 196 valence electrons. The largest absolute Gasteiger partial charge is 0.342 e. The lowest BCUT2D eigenvalue weighted by Gasteiger charge is -2.12. The van der Waals surface area contributed by atoms with Crippen molar-refractivity contribution < 1.29 is 4.79 Å². The summed E-state index contributed by atoms with van der Waals surface area (Å²) < 4.78 is 0. The summed E-state index contributed by atoms with van der Waals surface area (Å²) >= 11 is 25.5. The maximum atomic E-state index is 13.3. The third-order valence-electron chi connectivity index (χ3n) is 6.23. The quantitative estimate of drug-likeness (QED) is 0.213. The van der Waals surface area contributed by atoms with E-state index in [2.05, 4.69) is 20.3 Å². The lowest BCUT2D eigenvalue weighted by Crippen LogP contribution is -2.26. The molecule has 4 aromatic carbocycles. The maximum absolute atomic E-state index is 13.3. The smallest absolute Gasteiger partial charge is 0.289 e. The number of nitrogens with one attached hydrogen (secondary N) is 1. The second-order valence-corrected chi connectivity index (χ2v) is 10.5. The molecular formula is C30H17Cl4N5O. The lowest BCUT2D eigenvalue weighted by molar-refractivity contribution is 0.0940. The topological polar surface area (TPSA) is 80.7 Å². The molecule has 0 aliphatic heterocycles. The van der Waals surface area contributed by atoms with Gasteiger partial charge in [-0.3, -0.25) is 4.79 Å². The van der Waals surface area contributed by atoms with E-state index >= 15 is 0 Å². The Hall–Kier alpha value is -3.81. The van der Waals surface area contributed by atoms with Crippen LogP contribution in [-0.4, -0.2) is 25.8 Å². The fraction of sp³-hybridized carbons (Fsp3) is 0.0333. The van der Waals surface area contributed by atoms with E-state index in [1.807, 2.05) is 36.4 Å². The molecule has 0 saturated carbocycles. The highest BCUT2D eigenvalue weighted by Gasteiger charge is 2.19. The second kappa shape index (κ2) is 11.0. The van der Waals surface area contributed by atoms with Gasteiger partial charge in [0.25, 0.3) is 5.91 Å². The minimum absolute atomic E-state index is 0.0244. The molecule has 0 atom stereocenters. The summed E-state index contributed by atoms with van der Waals surface area (Å²) in [5.74, 6) is -0.134. The van der Waals surface area contributed by atoms with Crippen LogP contribution in [0.15, 0.2) is 84.9 Å². The van der Waals surface area contributed by atoms with Gasteiger partial charge in [-0.25, -0.2) is 19.9 Å². The highest BCUT2D eigenvalue weighted by Crippen LogP contribution is 2.34. The van der Waals surface area contributed by atoms with Gasteiger partial charge in [-0.1, -0.05) is 82.8 Å². The van der Waals surface area contributed by atoms with Gasteiger partial charge in [0.1, 0.15) is 5.82 Å². The first-order valence-electron chi connectivity index (χ1n) is 12.1. The van der Waals surface area contributed by atoms with Gasteiger partial charge in [0.05, 0.1) is 29.0 Å². The number of aromatic nitrogens is 4. The fourth-order valence-electron chi connectivity index (χ4n) is 4.39. The second-order valence-electron chi connectivity index (χ2n) is 8.85. The van der Waals surface area contributed by atoms with Gasteiger partial charge >= 0.3 is 0 Å². The molecule has 6 aromatic rings. The summed E-state index contributed by atoms with van der Waals surface area (Å²) in [5.41, 5.74) is 3.73. The highest BCUT2D eigenvalue weighted by molar-refractivity contribution is 6.34. The predicted octanol–water partition coefficient (Wildman–Crippen LogP) is 8.45. The Morgan fingerprint density at radius 3 is 1.73 bits per heavy atom. The van der Waals surface area contributed by atoms with Crippen molar-refractivity contribution in [3.05, 3.63) is 117 Å². The van der Waals surface area contributed by atoms with Crippen molar-refractivity contribution >= 4 is 74.1 Å². The van der Waals surface area contributed by atoms with E-state index < -0.39 is 5.91 Å². The molecule has 1 N–H and O–H groups in total. The average molecular weight is 605 g/mol. The van der Waals surface area contributed by atoms with Gasteiger partial charge in [0.15, 0.2) is 0 Å². The lowest BCUT2D eigenvalue weighted by atomic mass is 10.1. The van der Waals surface area contributed by atoms with Crippen LogP contribution >= 0.6 is 46.4 Å². The normalized spacial score (nSPS) is 11.2. The summed E-state index contributed by atoms with van der Waals surface area (Å²) in [7, 11) is 0. The van der Waals surface area contributed by atoms with Crippen molar-refractivity contribution in [2.24, 2.45) is 0 Å². The maximum Gasteiger partial charge on any atom is 0.289 e. The molecule has 0 aliphatic rings. The molecule has 0 unspecified atom stereocenters. The average Bonchev–Trinajstić information content (AvgIpc) is 2.96. The van der Waals surface area contributed by atoms with Gasteiger partial charge in [-0.15, -0.1) is 0 Å². The minimum atomic E-state index is -0.496. The van der Waals surface area contributed by atoms with Crippen molar-refractivity contribution in [3.63, 3.8) is 0 Å². The van der Waals surface area contributed by atoms with Gasteiger partial charge in [0, 0.05) is 42.0 Å². The number of amides is 1. The highest BCUT2D eigenvalue weighted by atomic mass is 35.5. The van der Waals surface area contributed by atoms with Crippen LogP contribution in [0, 0.1) is 0 Å². The Kier molecular flexibility index (Phi) is 7.26. The molecule has 0 aliphatic carbocycles. The molecule has 6 rings (SSSR count). The summed E-state index contributed by atoms with van der Waals surface area (Å²) in [6.07, 6.45) is 0. The molecule has 2 heterocycles. The number of carbonyl (C=O) groups is 1. The van der Waals surface area contributed by atoms with Crippen LogP contribution < -0.4 is 5.32 Å². The summed E-state index contributed by atoms with van der Waals surface area (Å²) in [6.45, 7) is 0.0261. The van der Waals surface area contributed by atoms with E-state index in [0.29, 0.717) is 59.3 Å². The predicted molar refractivity (Wildman–Crippen MR) is 161 cm³/mol. The Morgan fingerprint density at radius 2 is 1.15 bits per heavy atom. The van der Waals surface area contributed by atoms with Crippen LogP contribution in [0.2, 0.25) is 20.1 Å². The molecule has 0 spiro atoms. The van der Waals surface area contributed by atoms with E-state index in [-0.39, 0.29) is 12.4 Å². The molecule has 2 aromatic heterocycles. The first-order chi connectivity index (χ1) is 19.4. The summed E-state index contributed by atoms with van der Waals surface area (Å²) in [6, 6.07) is 25.2. The van der Waals surface area contributed by atoms with Gasteiger partial charge < -0.3 is 5.32 Å². The van der Waals surface area contributed by atoms with Crippen LogP contribution in [0.4, 0.5) is 0 Å². The molecule has 0 radical (unpaired) electrons. The molecule has 1 amide bonds. The van der Waals surface area contributed by atoms with Crippen molar-refractivity contribution in [1.29, 1.82) is 0 Å². The number of carbonyl (C=O) groups excluding carboxylic acids is 1. The monoisotopic (exact) mass is 603 g/mol. The molecule has 0 saturated heterocycles. The third kappa shape index (κ3) is 5.19. The number of nitrogens with zero attached hydrogens (tertiary/aromatic N) is 4. The van der Waals surface area contributed by atoms with Gasteiger partial charge in [-0.2, -0.15) is 0 Å². The molecule has 40 heavy (non-hydrogen) atoms. The number of halogens is 4. The van der Waals surface area contributed by atoms with E-state index in [1.54, 1.807) is 48.5 Å². The van der Waals surface area contributed by atoms with Crippen LogP contribution in [0.25, 0.3) is 44.3 Å². The van der Waals surface area contributed by atoms with E-state index in [4.69, 9.17) is 51.4 Å². The van der Waals surface area contributed by atoms with Gasteiger partial charge in [0.2, 0.25) is 5.82 Å². The number of benzene rings is 4. The number of hydrogen-bond donors (Lipinski definition) is 1. The molecule has 10 heteroatoms. The molecule has 0 bridgehead atoms. The van der Waals surface area contributed by atoms with E-state index in [1.165, 1.54) is 0 Å². The number of fused-ring (bicyclic) bond motifs is 2. The number of hydrogen-bond acceptors (Lipinski definition) is 5. The first kappa shape index (κ1) is 26.4. The fourth-order valence-corrected chi connectivity index (χ4v) is 5.18. The van der Waals surface area contributed by atoms with E-state index in [9.17, 15) is 4.79 Å².